The molecule has 0 saturated carbocycles. The van der Waals surface area contributed by atoms with Gasteiger partial charge in [0.1, 0.15) is 6.54 Å². The molecule has 18 heteroatoms. The van der Waals surface area contributed by atoms with Gasteiger partial charge in [-0.1, -0.05) is 6.07 Å². The Labute approximate surface area is 228 Å². The minimum atomic E-state index is -5.08. The van der Waals surface area contributed by atoms with Crippen LogP contribution in [0.1, 0.15) is 18.9 Å². The van der Waals surface area contributed by atoms with Gasteiger partial charge in [0.25, 0.3) is 0 Å². The number of likely N-dealkylation sites (tertiary alicyclic amines) is 1. The van der Waals surface area contributed by atoms with Crippen molar-refractivity contribution in [3.63, 3.8) is 0 Å². The topological polar surface area (TPSA) is 149 Å². The number of piperazine rings is 1. The Hall–Kier alpha value is -4.22. The lowest BCUT2D eigenvalue weighted by molar-refractivity contribution is -0.193. The van der Waals surface area contributed by atoms with Crippen molar-refractivity contribution in [3.8, 4) is 0 Å². The Bertz CT molecular complexity index is 1210. The first-order valence-corrected chi connectivity index (χ1v) is 11.6. The van der Waals surface area contributed by atoms with Gasteiger partial charge in [-0.05, 0) is 18.1 Å². The van der Waals surface area contributed by atoms with E-state index in [0.29, 0.717) is 6.54 Å². The predicted octanol–water partition coefficient (Wildman–Crippen LogP) is 1.92. The molecule has 0 radical (unpaired) electrons. The molecule has 2 aromatic heterocycles. The van der Waals surface area contributed by atoms with E-state index >= 15 is 0 Å². The summed E-state index contributed by atoms with van der Waals surface area (Å²) in [4.78, 5) is 52.9. The molecular weight excluding hydrogens is 570 g/mol. The van der Waals surface area contributed by atoms with E-state index in [1.165, 1.54) is 0 Å². The van der Waals surface area contributed by atoms with Crippen molar-refractivity contribution >= 4 is 29.4 Å². The van der Waals surface area contributed by atoms with Gasteiger partial charge in [-0.2, -0.15) is 31.4 Å². The van der Waals surface area contributed by atoms with Gasteiger partial charge in [0.2, 0.25) is 11.8 Å². The second-order valence-electron chi connectivity index (χ2n) is 9.11. The monoisotopic (exact) mass is 596 g/mol. The summed E-state index contributed by atoms with van der Waals surface area (Å²) < 4.78 is 65.2. The third-order valence-corrected chi connectivity index (χ3v) is 6.03. The molecule has 226 valence electrons. The normalized spacial score (nSPS) is 19.3. The summed E-state index contributed by atoms with van der Waals surface area (Å²) in [7, 11) is 1.83. The Morgan fingerprint density at radius 3 is 2.05 bits per heavy atom. The van der Waals surface area contributed by atoms with Crippen molar-refractivity contribution in [2.75, 3.05) is 31.1 Å². The molecule has 2 aromatic rings. The summed E-state index contributed by atoms with van der Waals surface area (Å²) in [6.45, 7) is 4.59. The first-order valence-electron chi connectivity index (χ1n) is 11.6. The highest BCUT2D eigenvalue weighted by Gasteiger charge is 2.50. The summed E-state index contributed by atoms with van der Waals surface area (Å²) >= 11 is 0. The van der Waals surface area contributed by atoms with Gasteiger partial charge < -0.3 is 20.0 Å². The molecule has 2 amide bonds. The molecule has 2 aliphatic heterocycles. The molecule has 4 rings (SSSR count). The maximum absolute atomic E-state index is 12.7. The number of hydrogen-bond donors (Lipinski definition) is 2. The highest BCUT2D eigenvalue weighted by atomic mass is 19.4. The average molecular weight is 596 g/mol. The van der Waals surface area contributed by atoms with Crippen molar-refractivity contribution in [3.05, 3.63) is 42.5 Å². The first kappa shape index (κ1) is 33.0. The number of rotatable bonds is 3. The van der Waals surface area contributed by atoms with Gasteiger partial charge in [0, 0.05) is 52.2 Å². The van der Waals surface area contributed by atoms with Crippen molar-refractivity contribution in [2.45, 2.75) is 37.8 Å². The van der Waals surface area contributed by atoms with Crippen LogP contribution in [0.25, 0.3) is 0 Å². The van der Waals surface area contributed by atoms with Gasteiger partial charge in [0.05, 0.1) is 24.0 Å². The smallest absolute Gasteiger partial charge is 0.475 e. The van der Waals surface area contributed by atoms with Crippen LogP contribution in [0.3, 0.4) is 0 Å². The van der Waals surface area contributed by atoms with E-state index in [9.17, 15) is 35.9 Å². The second kappa shape index (κ2) is 13.0. The molecule has 0 aliphatic carbocycles. The Kier molecular flexibility index (Phi) is 10.4. The third-order valence-electron chi connectivity index (χ3n) is 6.03. The van der Waals surface area contributed by atoms with E-state index in [1.54, 1.807) is 33.8 Å². The van der Waals surface area contributed by atoms with Crippen LogP contribution in [-0.2, 0) is 32.8 Å². The van der Waals surface area contributed by atoms with E-state index in [1.807, 2.05) is 25.5 Å². The van der Waals surface area contributed by atoms with E-state index in [-0.39, 0.29) is 23.9 Å². The summed E-state index contributed by atoms with van der Waals surface area (Å²) in [6.07, 6.45) is -2.13. The van der Waals surface area contributed by atoms with Gasteiger partial charge in [-0.15, -0.1) is 0 Å². The highest BCUT2D eigenvalue weighted by Crippen LogP contribution is 2.35. The molecule has 12 nitrogen and oxygen atoms in total. The third kappa shape index (κ3) is 9.16. The number of aromatic nitrogens is 3. The Morgan fingerprint density at radius 1 is 1.02 bits per heavy atom. The number of pyridine rings is 1. The number of hydrogen-bond acceptors (Lipinski definition) is 7. The molecule has 0 aromatic carbocycles. The lowest BCUT2D eigenvalue weighted by atomic mass is 9.92. The van der Waals surface area contributed by atoms with E-state index in [0.717, 1.165) is 37.3 Å². The van der Waals surface area contributed by atoms with Crippen LogP contribution in [0.15, 0.2) is 36.9 Å². The van der Waals surface area contributed by atoms with Crippen molar-refractivity contribution in [1.29, 1.82) is 0 Å². The summed E-state index contributed by atoms with van der Waals surface area (Å²) in [5.41, 5.74) is 1.58. The molecule has 2 fully saturated rings. The fraction of sp³-hybridized carbons (Fsp3) is 0.478. The maximum Gasteiger partial charge on any atom is 0.490 e. The first-order chi connectivity index (χ1) is 18.9. The number of nitrogens with zero attached hydrogens (tertiary/aromatic N) is 6. The lowest BCUT2D eigenvalue weighted by Gasteiger charge is -2.48. The zero-order valence-electron chi connectivity index (χ0n) is 21.7. The molecule has 2 saturated heterocycles. The number of carboxylic acid groups (broad SMARTS) is 2. The molecular formula is C23H26F6N6O6. The lowest BCUT2D eigenvalue weighted by Crippen LogP contribution is -2.66. The molecule has 41 heavy (non-hydrogen) atoms. The molecule has 1 atom stereocenters. The highest BCUT2D eigenvalue weighted by molar-refractivity contribution is 5.98. The number of carbonyl (C=O) groups is 4. The number of alkyl halides is 6. The molecule has 1 unspecified atom stereocenters. The van der Waals surface area contributed by atoms with Crippen LogP contribution >= 0.6 is 0 Å². The predicted molar refractivity (Wildman–Crippen MR) is 127 cm³/mol. The van der Waals surface area contributed by atoms with E-state index in [2.05, 4.69) is 21.0 Å². The molecule has 4 heterocycles. The number of halogens is 6. The fourth-order valence-electron chi connectivity index (χ4n) is 4.26. The largest absolute Gasteiger partial charge is 0.490 e. The van der Waals surface area contributed by atoms with Crippen molar-refractivity contribution in [1.82, 2.24) is 24.6 Å². The van der Waals surface area contributed by atoms with Gasteiger partial charge in [-0.25, -0.2) is 9.59 Å². The number of aliphatic carboxylic acids is 2. The molecule has 0 bridgehead atoms. The number of aryl methyl sites for hydroxylation is 1. The van der Waals surface area contributed by atoms with Crippen LogP contribution in [-0.4, -0.2) is 103 Å². The Balaban J connectivity index is 0.000000349. The minimum Gasteiger partial charge on any atom is -0.475 e. The summed E-state index contributed by atoms with van der Waals surface area (Å²) in [5.74, 6) is -5.62. The summed E-state index contributed by atoms with van der Waals surface area (Å²) in [6, 6.07) is 4.00. The van der Waals surface area contributed by atoms with Gasteiger partial charge in [0.15, 0.2) is 0 Å². The van der Waals surface area contributed by atoms with Crippen LogP contribution in [0, 0.1) is 0 Å². The van der Waals surface area contributed by atoms with Gasteiger partial charge in [-0.3, -0.25) is 24.2 Å². The SMILES string of the molecule is CC(=O)N1CC(=O)N(c2cnn(C)c2)CC12CCN(Cc1cccnc1)C2.O=C(O)C(F)(F)F.O=C(O)C(F)(F)F. The van der Waals surface area contributed by atoms with Crippen LogP contribution < -0.4 is 4.90 Å². The van der Waals surface area contributed by atoms with E-state index < -0.39 is 24.3 Å². The van der Waals surface area contributed by atoms with E-state index in [4.69, 9.17) is 19.8 Å². The fourth-order valence-corrected chi connectivity index (χ4v) is 4.26. The number of anilines is 1. The number of amides is 2. The Morgan fingerprint density at radius 2 is 1.61 bits per heavy atom. The van der Waals surface area contributed by atoms with Crippen molar-refractivity contribution in [2.24, 2.45) is 7.05 Å². The van der Waals surface area contributed by atoms with Crippen molar-refractivity contribution < 1.29 is 55.7 Å². The molecule has 2 N–H and O–H groups in total. The van der Waals surface area contributed by atoms with Crippen LogP contribution in [0.4, 0.5) is 32.0 Å². The van der Waals surface area contributed by atoms with Crippen LogP contribution in [0.2, 0.25) is 0 Å². The quantitative estimate of drug-likeness (QED) is 0.507. The number of carboxylic acids is 2. The van der Waals surface area contributed by atoms with Crippen LogP contribution in [0.5, 0.6) is 0 Å². The molecule has 1 spiro atoms. The minimum absolute atomic E-state index is 0.0441. The number of carbonyl (C=O) groups excluding carboxylic acids is 2. The standard InChI is InChI=1S/C19H24N6O2.2C2HF3O2/c1-15(26)25-12-18(27)24(17-9-21-22(2)11-17)14-19(25)5-7-23(13-19)10-16-4-3-6-20-8-16;2*3-2(4,5)1(6)7/h3-4,6,8-9,11H,5,7,10,12-14H2,1-2H3;2*(H,6,7). The average Bonchev–Trinajstić information content (AvgIpc) is 3.47. The molecule has 2 aliphatic rings. The summed E-state index contributed by atoms with van der Waals surface area (Å²) in [5, 5.41) is 18.4. The zero-order chi connectivity index (χ0) is 31.2. The zero-order valence-corrected chi connectivity index (χ0v) is 21.7. The van der Waals surface area contributed by atoms with Gasteiger partial charge >= 0.3 is 24.3 Å². The second-order valence-corrected chi connectivity index (χ2v) is 9.11. The maximum atomic E-state index is 12.7.